The summed E-state index contributed by atoms with van der Waals surface area (Å²) in [5.41, 5.74) is 2.84. The standard InChI is InChI=1S/C22H23F3N4O/c1-28-9-11-29(12-10-28)17-6-3-15(4-7-17)19-14-20(27-26-19)16-5-8-21(30-2)18(13-16)22(23,24)25/h3-8,13-14H,9-12H2,1-2H3,(H,26,27). The molecule has 0 aliphatic carbocycles. The van der Waals surface area contributed by atoms with E-state index in [1.54, 1.807) is 12.1 Å². The zero-order valence-electron chi connectivity index (χ0n) is 16.8. The minimum Gasteiger partial charge on any atom is -0.496 e. The van der Waals surface area contributed by atoms with Crippen LogP contribution in [0.4, 0.5) is 18.9 Å². The maximum atomic E-state index is 13.3. The average Bonchev–Trinajstić information content (AvgIpc) is 3.24. The van der Waals surface area contributed by atoms with E-state index in [9.17, 15) is 13.2 Å². The minimum atomic E-state index is -4.50. The van der Waals surface area contributed by atoms with Crippen molar-refractivity contribution in [2.24, 2.45) is 0 Å². The summed E-state index contributed by atoms with van der Waals surface area (Å²) < 4.78 is 44.7. The summed E-state index contributed by atoms with van der Waals surface area (Å²) in [4.78, 5) is 4.65. The Hall–Kier alpha value is -3.00. The molecule has 158 valence electrons. The van der Waals surface area contributed by atoms with Crippen LogP contribution in [0.1, 0.15) is 5.56 Å². The number of anilines is 1. The SMILES string of the molecule is COc1ccc(-c2cc(-c3ccc(N4CCN(C)CC4)cc3)[nH]n2)cc1C(F)(F)F. The van der Waals surface area contributed by atoms with Crippen molar-refractivity contribution in [2.45, 2.75) is 6.18 Å². The molecule has 30 heavy (non-hydrogen) atoms. The van der Waals surface area contributed by atoms with Crippen LogP contribution in [0.5, 0.6) is 5.75 Å². The number of hydrogen-bond donors (Lipinski definition) is 1. The fourth-order valence-electron chi connectivity index (χ4n) is 3.62. The second kappa shape index (κ2) is 8.02. The van der Waals surface area contributed by atoms with Crippen LogP contribution < -0.4 is 9.64 Å². The Bertz CT molecular complexity index is 1010. The highest BCUT2D eigenvalue weighted by Gasteiger charge is 2.34. The molecule has 1 aliphatic rings. The zero-order chi connectivity index (χ0) is 21.3. The number of aromatic nitrogens is 2. The highest BCUT2D eigenvalue weighted by atomic mass is 19.4. The molecule has 0 spiro atoms. The van der Waals surface area contributed by atoms with Crippen molar-refractivity contribution >= 4 is 5.69 Å². The number of piperazine rings is 1. The number of halogens is 3. The molecule has 0 amide bonds. The fraction of sp³-hybridized carbons (Fsp3) is 0.318. The van der Waals surface area contributed by atoms with Crippen LogP contribution in [0, 0.1) is 0 Å². The number of nitrogens with one attached hydrogen (secondary N) is 1. The largest absolute Gasteiger partial charge is 0.496 e. The van der Waals surface area contributed by atoms with E-state index >= 15 is 0 Å². The summed E-state index contributed by atoms with van der Waals surface area (Å²) >= 11 is 0. The normalized spacial score (nSPS) is 15.4. The first-order chi connectivity index (χ1) is 14.3. The number of alkyl halides is 3. The molecule has 0 unspecified atom stereocenters. The Morgan fingerprint density at radius 3 is 2.23 bits per heavy atom. The van der Waals surface area contributed by atoms with E-state index in [4.69, 9.17) is 4.74 Å². The molecule has 4 rings (SSSR count). The van der Waals surface area contributed by atoms with Crippen molar-refractivity contribution in [3.05, 3.63) is 54.1 Å². The topological polar surface area (TPSA) is 44.4 Å². The van der Waals surface area contributed by atoms with Crippen molar-refractivity contribution in [3.8, 4) is 28.3 Å². The van der Waals surface area contributed by atoms with Crippen molar-refractivity contribution < 1.29 is 17.9 Å². The van der Waals surface area contributed by atoms with E-state index in [2.05, 4.69) is 39.2 Å². The lowest BCUT2D eigenvalue weighted by molar-refractivity contribution is -0.138. The summed E-state index contributed by atoms with van der Waals surface area (Å²) in [6.45, 7) is 4.05. The first kappa shape index (κ1) is 20.3. The van der Waals surface area contributed by atoms with Gasteiger partial charge in [0.05, 0.1) is 24.1 Å². The van der Waals surface area contributed by atoms with Gasteiger partial charge in [-0.05, 0) is 49.0 Å². The van der Waals surface area contributed by atoms with Gasteiger partial charge in [-0.15, -0.1) is 0 Å². The molecule has 0 saturated carbocycles. The number of ether oxygens (including phenoxy) is 1. The van der Waals surface area contributed by atoms with Crippen molar-refractivity contribution in [2.75, 3.05) is 45.2 Å². The van der Waals surface area contributed by atoms with Crippen LogP contribution >= 0.6 is 0 Å². The molecule has 0 bridgehead atoms. The number of likely N-dealkylation sites (N-methyl/N-ethyl adjacent to an activating group) is 1. The molecule has 2 heterocycles. The number of H-pyrrole nitrogens is 1. The molecule has 1 aliphatic heterocycles. The molecule has 0 radical (unpaired) electrons. The van der Waals surface area contributed by atoms with E-state index in [1.807, 2.05) is 12.1 Å². The molecule has 1 aromatic heterocycles. The summed E-state index contributed by atoms with van der Waals surface area (Å²) in [7, 11) is 3.35. The monoisotopic (exact) mass is 416 g/mol. The number of methoxy groups -OCH3 is 1. The van der Waals surface area contributed by atoms with Gasteiger partial charge in [-0.1, -0.05) is 12.1 Å². The van der Waals surface area contributed by atoms with Crippen molar-refractivity contribution in [1.29, 1.82) is 0 Å². The average molecular weight is 416 g/mol. The third-order valence-corrected chi connectivity index (χ3v) is 5.43. The highest BCUT2D eigenvalue weighted by molar-refractivity contribution is 5.70. The van der Waals surface area contributed by atoms with Gasteiger partial charge in [-0.2, -0.15) is 18.3 Å². The van der Waals surface area contributed by atoms with Gasteiger partial charge in [-0.25, -0.2) is 0 Å². The fourth-order valence-corrected chi connectivity index (χ4v) is 3.62. The number of nitrogens with zero attached hydrogens (tertiary/aromatic N) is 3. The Kier molecular flexibility index (Phi) is 5.42. The van der Waals surface area contributed by atoms with Crippen LogP contribution in [-0.4, -0.2) is 55.4 Å². The van der Waals surface area contributed by atoms with Gasteiger partial charge >= 0.3 is 6.18 Å². The third kappa shape index (κ3) is 4.14. The third-order valence-electron chi connectivity index (χ3n) is 5.43. The molecule has 1 saturated heterocycles. The van der Waals surface area contributed by atoms with Gasteiger partial charge in [-0.3, -0.25) is 5.10 Å². The lowest BCUT2D eigenvalue weighted by Gasteiger charge is -2.34. The maximum absolute atomic E-state index is 13.3. The summed E-state index contributed by atoms with van der Waals surface area (Å²) in [6.07, 6.45) is -4.50. The molecule has 8 heteroatoms. The molecule has 3 aromatic rings. The second-order valence-corrected chi connectivity index (χ2v) is 7.42. The quantitative estimate of drug-likeness (QED) is 0.679. The van der Waals surface area contributed by atoms with E-state index in [0.717, 1.165) is 49.2 Å². The van der Waals surface area contributed by atoms with Gasteiger partial charge in [0.15, 0.2) is 0 Å². The van der Waals surface area contributed by atoms with Gasteiger partial charge in [0.1, 0.15) is 5.75 Å². The van der Waals surface area contributed by atoms with Crippen LogP contribution in [0.25, 0.3) is 22.5 Å². The number of aromatic amines is 1. The van der Waals surface area contributed by atoms with E-state index < -0.39 is 11.7 Å². The molecule has 5 nitrogen and oxygen atoms in total. The van der Waals surface area contributed by atoms with E-state index in [0.29, 0.717) is 11.3 Å². The minimum absolute atomic E-state index is 0.207. The molecule has 1 N–H and O–H groups in total. The molecular formula is C22H23F3N4O. The van der Waals surface area contributed by atoms with Crippen molar-refractivity contribution in [3.63, 3.8) is 0 Å². The van der Waals surface area contributed by atoms with Gasteiger partial charge in [0, 0.05) is 37.4 Å². The summed E-state index contributed by atoms with van der Waals surface area (Å²) in [5, 5.41) is 7.14. The Balaban J connectivity index is 1.56. The molecule has 1 fully saturated rings. The van der Waals surface area contributed by atoms with E-state index in [-0.39, 0.29) is 5.75 Å². The van der Waals surface area contributed by atoms with Crippen LogP contribution in [0.15, 0.2) is 48.5 Å². The maximum Gasteiger partial charge on any atom is 0.419 e. The zero-order valence-corrected chi connectivity index (χ0v) is 16.8. The van der Waals surface area contributed by atoms with Crippen LogP contribution in [0.2, 0.25) is 0 Å². The summed E-state index contributed by atoms with van der Waals surface area (Å²) in [6, 6.07) is 13.8. The first-order valence-electron chi connectivity index (χ1n) is 9.70. The lowest BCUT2D eigenvalue weighted by Crippen LogP contribution is -2.44. The highest BCUT2D eigenvalue weighted by Crippen LogP contribution is 2.38. The predicted molar refractivity (Wildman–Crippen MR) is 111 cm³/mol. The van der Waals surface area contributed by atoms with E-state index in [1.165, 1.54) is 13.2 Å². The lowest BCUT2D eigenvalue weighted by atomic mass is 10.1. The molecule has 2 aromatic carbocycles. The molecule has 0 atom stereocenters. The van der Waals surface area contributed by atoms with Crippen LogP contribution in [-0.2, 0) is 6.18 Å². The number of hydrogen-bond acceptors (Lipinski definition) is 4. The Morgan fingerprint density at radius 1 is 0.933 bits per heavy atom. The Morgan fingerprint density at radius 2 is 1.60 bits per heavy atom. The van der Waals surface area contributed by atoms with Crippen molar-refractivity contribution in [1.82, 2.24) is 15.1 Å². The predicted octanol–water partition coefficient (Wildman–Crippen LogP) is 4.52. The van der Waals surface area contributed by atoms with Gasteiger partial charge in [0.25, 0.3) is 0 Å². The smallest absolute Gasteiger partial charge is 0.419 e. The van der Waals surface area contributed by atoms with Crippen LogP contribution in [0.3, 0.4) is 0 Å². The first-order valence-corrected chi connectivity index (χ1v) is 9.70. The van der Waals surface area contributed by atoms with Gasteiger partial charge in [0.2, 0.25) is 0 Å². The number of rotatable bonds is 4. The number of benzene rings is 2. The Labute approximate surface area is 173 Å². The molecular weight excluding hydrogens is 393 g/mol. The van der Waals surface area contributed by atoms with Gasteiger partial charge < -0.3 is 14.5 Å². The second-order valence-electron chi connectivity index (χ2n) is 7.42. The summed E-state index contributed by atoms with van der Waals surface area (Å²) in [5.74, 6) is -0.207.